The van der Waals surface area contributed by atoms with E-state index in [1.165, 1.54) is 70.6 Å². The van der Waals surface area contributed by atoms with Crippen LogP contribution in [-0.4, -0.2) is 10.7 Å². The Morgan fingerprint density at radius 2 is 1.00 bits per heavy atom. The second-order valence-corrected chi connectivity index (χ2v) is 6.10. The molecule has 0 saturated carbocycles. The van der Waals surface area contributed by atoms with E-state index >= 15 is 0 Å². The number of hydrogen-bond donors (Lipinski definition) is 1. The summed E-state index contributed by atoms with van der Waals surface area (Å²) in [4.78, 5) is 0. The van der Waals surface area contributed by atoms with Gasteiger partial charge in [-0.05, 0) is 20.3 Å². The first-order valence-electron chi connectivity index (χ1n) is 7.78. The molecule has 0 unspecified atom stereocenters. The van der Waals surface area contributed by atoms with E-state index < -0.39 is 5.60 Å². The average molecular weight is 242 g/mol. The molecule has 1 nitrogen and oxygen atoms in total. The lowest BCUT2D eigenvalue weighted by atomic mass is 9.99. The minimum atomic E-state index is -0.459. The second kappa shape index (κ2) is 11.1. The summed E-state index contributed by atoms with van der Waals surface area (Å²) in [6, 6.07) is 0. The summed E-state index contributed by atoms with van der Waals surface area (Å²) in [5, 5.41) is 9.56. The average Bonchev–Trinajstić information content (AvgIpc) is 2.24. The van der Waals surface area contributed by atoms with Crippen molar-refractivity contribution in [2.75, 3.05) is 0 Å². The normalized spacial score (nSPS) is 12.0. The van der Waals surface area contributed by atoms with E-state index in [0.717, 1.165) is 6.42 Å². The Kier molecular flexibility index (Phi) is 11.0. The van der Waals surface area contributed by atoms with Gasteiger partial charge in [0.2, 0.25) is 0 Å². The minimum Gasteiger partial charge on any atom is -0.390 e. The van der Waals surface area contributed by atoms with Crippen molar-refractivity contribution in [1.82, 2.24) is 0 Å². The lowest BCUT2D eigenvalue weighted by molar-refractivity contribution is 0.0680. The van der Waals surface area contributed by atoms with Gasteiger partial charge in [0.25, 0.3) is 0 Å². The minimum absolute atomic E-state index is 0.459. The summed E-state index contributed by atoms with van der Waals surface area (Å²) in [7, 11) is 0. The van der Waals surface area contributed by atoms with Gasteiger partial charge >= 0.3 is 0 Å². The molecular formula is C16H34O. The predicted octanol–water partition coefficient (Wildman–Crippen LogP) is 5.46. The molecule has 0 saturated heterocycles. The molecule has 104 valence electrons. The van der Waals surface area contributed by atoms with E-state index in [4.69, 9.17) is 0 Å². The third kappa shape index (κ3) is 16.0. The van der Waals surface area contributed by atoms with Crippen molar-refractivity contribution in [3.05, 3.63) is 0 Å². The van der Waals surface area contributed by atoms with E-state index in [2.05, 4.69) is 6.92 Å². The Bertz CT molecular complexity index is 146. The molecular weight excluding hydrogens is 208 g/mol. The topological polar surface area (TPSA) is 20.2 Å². The van der Waals surface area contributed by atoms with Crippen molar-refractivity contribution in [3.63, 3.8) is 0 Å². The summed E-state index contributed by atoms with van der Waals surface area (Å²) in [5.74, 6) is 0. The molecule has 0 atom stereocenters. The molecule has 0 aromatic rings. The SMILES string of the molecule is CCCCCCCCCCCCCC(C)(C)O. The van der Waals surface area contributed by atoms with Gasteiger partial charge < -0.3 is 5.11 Å². The number of aliphatic hydroxyl groups is 1. The van der Waals surface area contributed by atoms with Crippen LogP contribution in [0.1, 0.15) is 97.8 Å². The van der Waals surface area contributed by atoms with Gasteiger partial charge in [-0.3, -0.25) is 0 Å². The summed E-state index contributed by atoms with van der Waals surface area (Å²) in [6.07, 6.45) is 16.1. The molecule has 0 heterocycles. The van der Waals surface area contributed by atoms with Crippen LogP contribution in [0, 0.1) is 0 Å². The summed E-state index contributed by atoms with van der Waals surface area (Å²) in [6.45, 7) is 6.08. The largest absolute Gasteiger partial charge is 0.390 e. The van der Waals surface area contributed by atoms with Gasteiger partial charge in [0, 0.05) is 0 Å². The molecule has 0 spiro atoms. The highest BCUT2D eigenvalue weighted by Crippen LogP contribution is 2.15. The third-order valence-corrected chi connectivity index (χ3v) is 3.39. The Labute approximate surface area is 109 Å². The van der Waals surface area contributed by atoms with Crippen LogP contribution in [0.5, 0.6) is 0 Å². The van der Waals surface area contributed by atoms with Crippen molar-refractivity contribution in [3.8, 4) is 0 Å². The predicted molar refractivity (Wildman–Crippen MR) is 77.4 cm³/mol. The summed E-state index contributed by atoms with van der Waals surface area (Å²) < 4.78 is 0. The van der Waals surface area contributed by atoms with Crippen molar-refractivity contribution < 1.29 is 5.11 Å². The first kappa shape index (κ1) is 17.0. The third-order valence-electron chi connectivity index (χ3n) is 3.39. The molecule has 0 rings (SSSR count). The zero-order valence-corrected chi connectivity index (χ0v) is 12.4. The van der Waals surface area contributed by atoms with Crippen molar-refractivity contribution in [2.45, 2.75) is 103 Å². The van der Waals surface area contributed by atoms with Gasteiger partial charge in [-0.25, -0.2) is 0 Å². The molecule has 0 radical (unpaired) electrons. The molecule has 0 amide bonds. The second-order valence-electron chi connectivity index (χ2n) is 6.10. The van der Waals surface area contributed by atoms with Crippen molar-refractivity contribution in [1.29, 1.82) is 0 Å². The maximum Gasteiger partial charge on any atom is 0.0591 e. The lowest BCUT2D eigenvalue weighted by Crippen LogP contribution is -2.17. The molecule has 1 heteroatoms. The van der Waals surface area contributed by atoms with Crippen LogP contribution in [0.4, 0.5) is 0 Å². The maximum atomic E-state index is 9.56. The maximum absolute atomic E-state index is 9.56. The van der Waals surface area contributed by atoms with Gasteiger partial charge in [-0.1, -0.05) is 77.6 Å². The molecule has 0 aromatic heterocycles. The van der Waals surface area contributed by atoms with E-state index in [9.17, 15) is 5.11 Å². The van der Waals surface area contributed by atoms with Crippen molar-refractivity contribution in [2.24, 2.45) is 0 Å². The number of hydrogen-bond acceptors (Lipinski definition) is 1. The fraction of sp³-hybridized carbons (Fsp3) is 1.00. The summed E-state index contributed by atoms with van der Waals surface area (Å²) in [5.41, 5.74) is -0.459. The fourth-order valence-electron chi connectivity index (χ4n) is 2.22. The highest BCUT2D eigenvalue weighted by Gasteiger charge is 2.10. The smallest absolute Gasteiger partial charge is 0.0591 e. The number of unbranched alkanes of at least 4 members (excludes halogenated alkanes) is 10. The van der Waals surface area contributed by atoms with Crippen LogP contribution in [-0.2, 0) is 0 Å². The highest BCUT2D eigenvalue weighted by molar-refractivity contribution is 4.64. The van der Waals surface area contributed by atoms with Gasteiger partial charge in [0.05, 0.1) is 5.60 Å². The van der Waals surface area contributed by atoms with Crippen LogP contribution in [0.2, 0.25) is 0 Å². The van der Waals surface area contributed by atoms with Gasteiger partial charge in [0.15, 0.2) is 0 Å². The van der Waals surface area contributed by atoms with E-state index in [1.807, 2.05) is 13.8 Å². The molecule has 0 bridgehead atoms. The molecule has 1 N–H and O–H groups in total. The molecule has 0 aromatic carbocycles. The van der Waals surface area contributed by atoms with Gasteiger partial charge in [0.1, 0.15) is 0 Å². The van der Waals surface area contributed by atoms with Crippen LogP contribution in [0.15, 0.2) is 0 Å². The van der Waals surface area contributed by atoms with Crippen LogP contribution >= 0.6 is 0 Å². The first-order valence-corrected chi connectivity index (χ1v) is 7.78. The Hall–Kier alpha value is -0.0400. The Morgan fingerprint density at radius 1 is 0.647 bits per heavy atom. The van der Waals surface area contributed by atoms with Crippen LogP contribution < -0.4 is 0 Å². The standard InChI is InChI=1S/C16H34O/c1-4-5-6-7-8-9-10-11-12-13-14-15-16(2,3)17/h17H,4-15H2,1-3H3. The van der Waals surface area contributed by atoms with Crippen LogP contribution in [0.3, 0.4) is 0 Å². The molecule has 0 fully saturated rings. The highest BCUT2D eigenvalue weighted by atomic mass is 16.3. The number of rotatable bonds is 12. The van der Waals surface area contributed by atoms with Gasteiger partial charge in [-0.15, -0.1) is 0 Å². The quantitative estimate of drug-likeness (QED) is 0.451. The zero-order valence-electron chi connectivity index (χ0n) is 12.4. The van der Waals surface area contributed by atoms with Gasteiger partial charge in [-0.2, -0.15) is 0 Å². The lowest BCUT2D eigenvalue weighted by Gasteiger charge is -2.16. The molecule has 0 aliphatic heterocycles. The zero-order chi connectivity index (χ0) is 13.0. The summed E-state index contributed by atoms with van der Waals surface area (Å²) >= 11 is 0. The van der Waals surface area contributed by atoms with E-state index in [0.29, 0.717) is 0 Å². The molecule has 0 aliphatic carbocycles. The van der Waals surface area contributed by atoms with Crippen molar-refractivity contribution >= 4 is 0 Å². The van der Waals surface area contributed by atoms with E-state index in [-0.39, 0.29) is 0 Å². The first-order chi connectivity index (χ1) is 8.06. The Balaban J connectivity index is 2.99. The van der Waals surface area contributed by atoms with Crippen LogP contribution in [0.25, 0.3) is 0 Å². The molecule has 17 heavy (non-hydrogen) atoms. The van der Waals surface area contributed by atoms with E-state index in [1.54, 1.807) is 0 Å². The monoisotopic (exact) mass is 242 g/mol. The fourth-order valence-corrected chi connectivity index (χ4v) is 2.22. The Morgan fingerprint density at radius 3 is 1.35 bits per heavy atom. The molecule has 0 aliphatic rings.